The van der Waals surface area contributed by atoms with Gasteiger partial charge in [0.25, 0.3) is 5.91 Å². The lowest BCUT2D eigenvalue weighted by molar-refractivity contribution is -0.125. The Hall–Kier alpha value is -2.55. The first-order valence-electron chi connectivity index (χ1n) is 8.26. The molecule has 1 aliphatic rings. The van der Waals surface area contributed by atoms with Crippen LogP contribution >= 0.6 is 0 Å². The zero-order valence-corrected chi connectivity index (χ0v) is 15.4. The number of hydrogen-bond acceptors (Lipinski definition) is 5. The van der Waals surface area contributed by atoms with Crippen LogP contribution in [-0.4, -0.2) is 36.3 Å². The molecule has 2 aromatic heterocycles. The molecule has 2 N–H and O–H groups in total. The molecule has 8 nitrogen and oxygen atoms in total. The fourth-order valence-electron chi connectivity index (χ4n) is 3.12. The van der Waals surface area contributed by atoms with Crippen molar-refractivity contribution in [2.24, 2.45) is 5.92 Å². The van der Waals surface area contributed by atoms with Gasteiger partial charge in [-0.15, -0.1) is 0 Å². The lowest BCUT2D eigenvalue weighted by Gasteiger charge is -2.11. The standard InChI is InChI=1S/C17H21N3O5S/c1-11-8-15(12(2)20(11)9-14-4-3-6-25-14)17(22)19-18-16(21)13-5-7-26(23,24)10-13/h3-4,6,8,13H,5,7,9-10H2,1-2H3,(H,18,21)(H,19,22)/t13-/m1/s1. The van der Waals surface area contributed by atoms with Crippen molar-refractivity contribution in [3.8, 4) is 0 Å². The Balaban J connectivity index is 1.64. The van der Waals surface area contributed by atoms with E-state index in [0.717, 1.165) is 17.1 Å². The minimum absolute atomic E-state index is 0.00691. The number of aromatic nitrogens is 1. The number of amides is 2. The second-order valence-electron chi connectivity index (χ2n) is 6.49. The van der Waals surface area contributed by atoms with Crippen LogP contribution in [0.1, 0.15) is 33.9 Å². The Labute approximate surface area is 151 Å². The van der Waals surface area contributed by atoms with Gasteiger partial charge in [0.15, 0.2) is 9.84 Å². The molecule has 1 aliphatic heterocycles. The molecule has 0 radical (unpaired) electrons. The summed E-state index contributed by atoms with van der Waals surface area (Å²) in [5, 5.41) is 0. The minimum Gasteiger partial charge on any atom is -0.467 e. The van der Waals surface area contributed by atoms with Crippen LogP contribution in [0.15, 0.2) is 28.9 Å². The van der Waals surface area contributed by atoms with E-state index in [0.29, 0.717) is 12.1 Å². The van der Waals surface area contributed by atoms with Crippen LogP contribution in [0.5, 0.6) is 0 Å². The molecule has 1 fully saturated rings. The van der Waals surface area contributed by atoms with Gasteiger partial charge in [0, 0.05) is 11.4 Å². The normalized spacial score (nSPS) is 18.6. The molecule has 0 unspecified atom stereocenters. The summed E-state index contributed by atoms with van der Waals surface area (Å²) in [6.07, 6.45) is 1.87. The van der Waals surface area contributed by atoms with E-state index in [1.54, 1.807) is 18.4 Å². The third-order valence-electron chi connectivity index (χ3n) is 4.61. The van der Waals surface area contributed by atoms with Crippen molar-refractivity contribution in [3.63, 3.8) is 0 Å². The van der Waals surface area contributed by atoms with Gasteiger partial charge in [0.2, 0.25) is 5.91 Å². The van der Waals surface area contributed by atoms with E-state index in [9.17, 15) is 18.0 Å². The number of carbonyl (C=O) groups excluding carboxylic acids is 2. The SMILES string of the molecule is Cc1cc(C(=O)NNC(=O)[C@@H]2CCS(=O)(=O)C2)c(C)n1Cc1ccco1. The lowest BCUT2D eigenvalue weighted by Crippen LogP contribution is -2.45. The van der Waals surface area contributed by atoms with E-state index >= 15 is 0 Å². The van der Waals surface area contributed by atoms with E-state index in [1.807, 2.05) is 24.5 Å². The van der Waals surface area contributed by atoms with Gasteiger partial charge < -0.3 is 8.98 Å². The summed E-state index contributed by atoms with van der Waals surface area (Å²) in [6.45, 7) is 4.20. The van der Waals surface area contributed by atoms with Crippen LogP contribution in [0, 0.1) is 19.8 Å². The van der Waals surface area contributed by atoms with Crippen molar-refractivity contribution >= 4 is 21.7 Å². The average molecular weight is 379 g/mol. The number of sulfone groups is 1. The number of furan rings is 1. The topological polar surface area (TPSA) is 110 Å². The highest BCUT2D eigenvalue weighted by molar-refractivity contribution is 7.91. The molecule has 2 amide bonds. The highest BCUT2D eigenvalue weighted by Crippen LogP contribution is 2.19. The molecule has 3 rings (SSSR count). The van der Waals surface area contributed by atoms with E-state index in [4.69, 9.17) is 4.42 Å². The highest BCUT2D eigenvalue weighted by atomic mass is 32.2. The molecule has 3 heterocycles. The van der Waals surface area contributed by atoms with Crippen molar-refractivity contribution in [2.75, 3.05) is 11.5 Å². The number of nitrogens with zero attached hydrogens (tertiary/aromatic N) is 1. The van der Waals surface area contributed by atoms with Crippen LogP contribution in [0.3, 0.4) is 0 Å². The Bertz CT molecular complexity index is 928. The van der Waals surface area contributed by atoms with Gasteiger partial charge in [-0.1, -0.05) is 0 Å². The maximum Gasteiger partial charge on any atom is 0.271 e. The quantitative estimate of drug-likeness (QED) is 0.768. The first-order valence-corrected chi connectivity index (χ1v) is 10.1. The fraction of sp³-hybridized carbons (Fsp3) is 0.412. The van der Waals surface area contributed by atoms with Crippen molar-refractivity contribution in [2.45, 2.75) is 26.8 Å². The average Bonchev–Trinajstić information content (AvgIpc) is 3.28. The number of hydrazine groups is 1. The first-order chi connectivity index (χ1) is 12.3. The first kappa shape index (κ1) is 18.2. The molecule has 2 aromatic rings. The summed E-state index contributed by atoms with van der Waals surface area (Å²) in [4.78, 5) is 24.4. The predicted octanol–water partition coefficient (Wildman–Crippen LogP) is 0.942. The molecule has 0 saturated carbocycles. The number of nitrogens with one attached hydrogen (secondary N) is 2. The third kappa shape index (κ3) is 3.82. The highest BCUT2D eigenvalue weighted by Gasteiger charge is 2.33. The van der Waals surface area contributed by atoms with Crippen LogP contribution in [0.2, 0.25) is 0 Å². The van der Waals surface area contributed by atoms with E-state index in [2.05, 4.69) is 10.9 Å². The monoisotopic (exact) mass is 379 g/mol. The summed E-state index contributed by atoms with van der Waals surface area (Å²) in [5.74, 6) is -0.942. The number of rotatable bonds is 4. The van der Waals surface area contributed by atoms with Gasteiger partial charge in [-0.3, -0.25) is 20.4 Å². The molecule has 1 saturated heterocycles. The van der Waals surface area contributed by atoms with Crippen LogP contribution in [0.25, 0.3) is 0 Å². The zero-order chi connectivity index (χ0) is 18.9. The predicted molar refractivity (Wildman–Crippen MR) is 94.1 cm³/mol. The summed E-state index contributed by atoms with van der Waals surface area (Å²) in [7, 11) is -3.15. The van der Waals surface area contributed by atoms with Gasteiger partial charge in [-0.2, -0.15) is 0 Å². The van der Waals surface area contributed by atoms with Gasteiger partial charge in [0.1, 0.15) is 5.76 Å². The summed E-state index contributed by atoms with van der Waals surface area (Å²) < 4.78 is 30.2. The van der Waals surface area contributed by atoms with E-state index in [1.165, 1.54) is 0 Å². The molecule has 1 atom stereocenters. The second-order valence-corrected chi connectivity index (χ2v) is 8.72. The van der Waals surface area contributed by atoms with E-state index in [-0.39, 0.29) is 17.9 Å². The van der Waals surface area contributed by atoms with Crippen molar-refractivity contribution in [1.29, 1.82) is 0 Å². The van der Waals surface area contributed by atoms with Gasteiger partial charge in [0.05, 0.1) is 35.8 Å². The maximum absolute atomic E-state index is 12.4. The van der Waals surface area contributed by atoms with Crippen molar-refractivity contribution in [1.82, 2.24) is 15.4 Å². The van der Waals surface area contributed by atoms with Crippen LogP contribution in [-0.2, 0) is 21.2 Å². The number of hydrogen-bond donors (Lipinski definition) is 2. The fourth-order valence-corrected chi connectivity index (χ4v) is 4.86. The van der Waals surface area contributed by atoms with Crippen molar-refractivity contribution in [3.05, 3.63) is 47.2 Å². The molecule has 140 valence electrons. The summed E-state index contributed by atoms with van der Waals surface area (Å²) in [5.41, 5.74) is 6.77. The smallest absolute Gasteiger partial charge is 0.271 e. The van der Waals surface area contributed by atoms with Crippen LogP contribution < -0.4 is 10.9 Å². The van der Waals surface area contributed by atoms with Gasteiger partial charge >= 0.3 is 0 Å². The maximum atomic E-state index is 12.4. The molecule has 0 aliphatic carbocycles. The Kier molecular flexibility index (Phi) is 4.90. The molecule has 0 aromatic carbocycles. The van der Waals surface area contributed by atoms with Gasteiger partial charge in [-0.05, 0) is 38.5 Å². The second kappa shape index (κ2) is 6.99. The Morgan fingerprint density at radius 3 is 2.69 bits per heavy atom. The molecular weight excluding hydrogens is 358 g/mol. The number of aryl methyl sites for hydroxylation is 1. The van der Waals surface area contributed by atoms with Gasteiger partial charge in [-0.25, -0.2) is 8.42 Å². The molecule has 0 bridgehead atoms. The van der Waals surface area contributed by atoms with Crippen molar-refractivity contribution < 1.29 is 22.4 Å². The number of carbonyl (C=O) groups is 2. The Morgan fingerprint density at radius 1 is 1.31 bits per heavy atom. The third-order valence-corrected chi connectivity index (χ3v) is 6.38. The Morgan fingerprint density at radius 2 is 2.08 bits per heavy atom. The molecule has 26 heavy (non-hydrogen) atoms. The molecule has 9 heteroatoms. The molecular formula is C17H21N3O5S. The van der Waals surface area contributed by atoms with Crippen LogP contribution in [0.4, 0.5) is 0 Å². The minimum atomic E-state index is -3.15. The summed E-state index contributed by atoms with van der Waals surface area (Å²) >= 11 is 0. The van der Waals surface area contributed by atoms with E-state index < -0.39 is 27.6 Å². The summed E-state index contributed by atoms with van der Waals surface area (Å²) in [6, 6.07) is 5.39. The lowest BCUT2D eigenvalue weighted by atomic mass is 10.1. The largest absolute Gasteiger partial charge is 0.467 e. The molecule has 0 spiro atoms. The zero-order valence-electron chi connectivity index (χ0n) is 14.6.